The van der Waals surface area contributed by atoms with E-state index in [0.29, 0.717) is 18.8 Å². The van der Waals surface area contributed by atoms with Crippen LogP contribution in [0.1, 0.15) is 16.1 Å². The molecule has 92 valence electrons. The number of ether oxygens (including phenoxy) is 1. The predicted molar refractivity (Wildman–Crippen MR) is 66.2 cm³/mol. The number of nitrogens with two attached hydrogens (primary N) is 1. The van der Waals surface area contributed by atoms with Crippen LogP contribution in [0.2, 0.25) is 0 Å². The summed E-state index contributed by atoms with van der Waals surface area (Å²) in [5.74, 6) is -0.180. The predicted octanol–water partition coefficient (Wildman–Crippen LogP) is 1.20. The SMILES string of the molecule is NC(=O)c1ncccc1OCCc1cccnc1. The molecule has 2 rings (SSSR count). The smallest absolute Gasteiger partial charge is 0.271 e. The first-order valence-electron chi connectivity index (χ1n) is 5.54. The zero-order chi connectivity index (χ0) is 12.8. The molecule has 2 N–H and O–H groups in total. The molecular formula is C13H13N3O2. The first kappa shape index (κ1) is 12.0. The fourth-order valence-corrected chi connectivity index (χ4v) is 1.52. The second kappa shape index (κ2) is 5.77. The van der Waals surface area contributed by atoms with E-state index in [1.165, 1.54) is 6.20 Å². The van der Waals surface area contributed by atoms with Crippen LogP contribution in [0.25, 0.3) is 0 Å². The molecule has 0 aliphatic rings. The third-order valence-corrected chi connectivity index (χ3v) is 2.38. The van der Waals surface area contributed by atoms with Gasteiger partial charge in [-0.1, -0.05) is 6.07 Å². The Morgan fingerprint density at radius 3 is 2.83 bits per heavy atom. The lowest BCUT2D eigenvalue weighted by molar-refractivity contribution is 0.0991. The maximum atomic E-state index is 11.1. The van der Waals surface area contributed by atoms with Crippen LogP contribution >= 0.6 is 0 Å². The van der Waals surface area contributed by atoms with Crippen molar-refractivity contribution in [3.05, 3.63) is 54.1 Å². The molecule has 0 fully saturated rings. The van der Waals surface area contributed by atoms with Crippen molar-refractivity contribution in [3.8, 4) is 5.75 Å². The highest BCUT2D eigenvalue weighted by atomic mass is 16.5. The standard InChI is InChI=1S/C13H13N3O2/c14-13(17)12-11(4-2-7-16-12)18-8-5-10-3-1-6-15-9-10/h1-4,6-7,9H,5,8H2,(H2,14,17). The lowest BCUT2D eigenvalue weighted by atomic mass is 10.2. The third kappa shape index (κ3) is 3.04. The van der Waals surface area contributed by atoms with E-state index in [4.69, 9.17) is 10.5 Å². The van der Waals surface area contributed by atoms with Gasteiger partial charge in [-0.15, -0.1) is 0 Å². The van der Waals surface area contributed by atoms with Gasteiger partial charge in [-0.05, 0) is 23.8 Å². The minimum atomic E-state index is -0.591. The van der Waals surface area contributed by atoms with E-state index in [2.05, 4.69) is 9.97 Å². The number of carbonyl (C=O) groups excluding carboxylic acids is 1. The Bertz CT molecular complexity index is 529. The normalized spacial score (nSPS) is 10.0. The van der Waals surface area contributed by atoms with Gasteiger partial charge in [0.15, 0.2) is 11.4 Å². The highest BCUT2D eigenvalue weighted by Gasteiger charge is 2.09. The Morgan fingerprint density at radius 1 is 1.28 bits per heavy atom. The monoisotopic (exact) mass is 243 g/mol. The van der Waals surface area contributed by atoms with E-state index in [1.54, 1.807) is 24.5 Å². The lowest BCUT2D eigenvalue weighted by Crippen LogP contribution is -2.15. The lowest BCUT2D eigenvalue weighted by Gasteiger charge is -2.08. The molecule has 2 aromatic rings. The van der Waals surface area contributed by atoms with Crippen molar-refractivity contribution in [2.45, 2.75) is 6.42 Å². The number of nitrogens with zero attached hydrogens (tertiary/aromatic N) is 2. The van der Waals surface area contributed by atoms with Crippen LogP contribution < -0.4 is 10.5 Å². The van der Waals surface area contributed by atoms with Gasteiger partial charge in [0.25, 0.3) is 5.91 Å². The number of hydrogen-bond donors (Lipinski definition) is 1. The number of primary amides is 1. The van der Waals surface area contributed by atoms with E-state index in [0.717, 1.165) is 5.56 Å². The van der Waals surface area contributed by atoms with Gasteiger partial charge < -0.3 is 10.5 Å². The molecule has 0 aliphatic carbocycles. The first-order chi connectivity index (χ1) is 8.77. The summed E-state index contributed by atoms with van der Waals surface area (Å²) in [6, 6.07) is 7.21. The van der Waals surface area contributed by atoms with Gasteiger partial charge in [-0.3, -0.25) is 9.78 Å². The van der Waals surface area contributed by atoms with Gasteiger partial charge in [0, 0.05) is 25.0 Å². The van der Waals surface area contributed by atoms with Crippen LogP contribution in [0.5, 0.6) is 5.75 Å². The van der Waals surface area contributed by atoms with E-state index in [9.17, 15) is 4.79 Å². The van der Waals surface area contributed by atoms with Gasteiger partial charge in [-0.2, -0.15) is 0 Å². The van der Waals surface area contributed by atoms with E-state index in [-0.39, 0.29) is 5.69 Å². The minimum Gasteiger partial charge on any atom is -0.491 e. The van der Waals surface area contributed by atoms with Crippen LogP contribution in [-0.4, -0.2) is 22.5 Å². The van der Waals surface area contributed by atoms with Crippen LogP contribution in [0, 0.1) is 0 Å². The van der Waals surface area contributed by atoms with Crippen molar-refractivity contribution in [2.75, 3.05) is 6.61 Å². The molecule has 5 heteroatoms. The molecule has 1 amide bonds. The van der Waals surface area contributed by atoms with Gasteiger partial charge in [0.05, 0.1) is 6.61 Å². The average molecular weight is 243 g/mol. The molecule has 0 bridgehead atoms. The summed E-state index contributed by atoms with van der Waals surface area (Å²) in [4.78, 5) is 19.0. The Kier molecular flexibility index (Phi) is 3.86. The summed E-state index contributed by atoms with van der Waals surface area (Å²) >= 11 is 0. The second-order valence-electron chi connectivity index (χ2n) is 3.67. The van der Waals surface area contributed by atoms with Gasteiger partial charge >= 0.3 is 0 Å². The summed E-state index contributed by atoms with van der Waals surface area (Å²) in [6.07, 6.45) is 5.72. The number of aromatic nitrogens is 2. The molecule has 18 heavy (non-hydrogen) atoms. The van der Waals surface area contributed by atoms with Crippen molar-refractivity contribution in [1.29, 1.82) is 0 Å². The van der Waals surface area contributed by atoms with E-state index >= 15 is 0 Å². The highest BCUT2D eigenvalue weighted by molar-refractivity contribution is 5.93. The van der Waals surface area contributed by atoms with Crippen molar-refractivity contribution in [2.24, 2.45) is 5.73 Å². The second-order valence-corrected chi connectivity index (χ2v) is 3.67. The fraction of sp³-hybridized carbons (Fsp3) is 0.154. The van der Waals surface area contributed by atoms with Crippen LogP contribution in [0.4, 0.5) is 0 Å². The molecule has 0 unspecified atom stereocenters. The average Bonchev–Trinajstić information content (AvgIpc) is 2.40. The minimum absolute atomic E-state index is 0.156. The molecular weight excluding hydrogens is 230 g/mol. The topological polar surface area (TPSA) is 78.1 Å². The van der Waals surface area contributed by atoms with Crippen LogP contribution in [0.3, 0.4) is 0 Å². The fourth-order valence-electron chi connectivity index (χ4n) is 1.52. The maximum absolute atomic E-state index is 11.1. The molecule has 0 radical (unpaired) electrons. The van der Waals surface area contributed by atoms with E-state index in [1.807, 2.05) is 12.1 Å². The number of pyridine rings is 2. The quantitative estimate of drug-likeness (QED) is 0.855. The summed E-state index contributed by atoms with van der Waals surface area (Å²) in [6.45, 7) is 0.442. The van der Waals surface area contributed by atoms with Gasteiger partial charge in [0.1, 0.15) is 0 Å². The molecule has 0 aromatic carbocycles. The Labute approximate surface area is 105 Å². The molecule has 2 heterocycles. The Hall–Kier alpha value is -2.43. The number of rotatable bonds is 5. The Balaban J connectivity index is 1.97. The van der Waals surface area contributed by atoms with Crippen molar-refractivity contribution >= 4 is 5.91 Å². The molecule has 0 spiro atoms. The molecule has 2 aromatic heterocycles. The summed E-state index contributed by atoms with van der Waals surface area (Å²) in [5, 5.41) is 0. The van der Waals surface area contributed by atoms with Gasteiger partial charge in [-0.25, -0.2) is 4.98 Å². The molecule has 0 saturated carbocycles. The van der Waals surface area contributed by atoms with Crippen molar-refractivity contribution in [3.63, 3.8) is 0 Å². The third-order valence-electron chi connectivity index (χ3n) is 2.38. The maximum Gasteiger partial charge on any atom is 0.271 e. The molecule has 0 atom stereocenters. The first-order valence-corrected chi connectivity index (χ1v) is 5.54. The summed E-state index contributed by atoms with van der Waals surface area (Å²) < 4.78 is 5.51. The van der Waals surface area contributed by atoms with Crippen LogP contribution in [0.15, 0.2) is 42.9 Å². The largest absolute Gasteiger partial charge is 0.491 e. The Morgan fingerprint density at radius 2 is 2.11 bits per heavy atom. The zero-order valence-corrected chi connectivity index (χ0v) is 9.74. The summed E-state index contributed by atoms with van der Waals surface area (Å²) in [5.41, 5.74) is 6.43. The van der Waals surface area contributed by atoms with E-state index < -0.39 is 5.91 Å². The van der Waals surface area contributed by atoms with Gasteiger partial charge in [0.2, 0.25) is 0 Å². The highest BCUT2D eigenvalue weighted by Crippen LogP contribution is 2.14. The van der Waals surface area contributed by atoms with Crippen LogP contribution in [-0.2, 0) is 6.42 Å². The number of hydrogen-bond acceptors (Lipinski definition) is 4. The van der Waals surface area contributed by atoms with Crippen molar-refractivity contribution in [1.82, 2.24) is 9.97 Å². The number of carbonyl (C=O) groups is 1. The molecule has 5 nitrogen and oxygen atoms in total. The summed E-state index contributed by atoms with van der Waals surface area (Å²) in [7, 11) is 0. The zero-order valence-electron chi connectivity index (χ0n) is 9.74. The number of amides is 1. The molecule has 0 saturated heterocycles. The van der Waals surface area contributed by atoms with Crippen molar-refractivity contribution < 1.29 is 9.53 Å². The molecule has 0 aliphatic heterocycles.